The third-order valence-corrected chi connectivity index (χ3v) is 1.95. The van der Waals surface area contributed by atoms with Crippen molar-refractivity contribution in [3.63, 3.8) is 0 Å². The Morgan fingerprint density at radius 1 is 1.40 bits per heavy atom. The highest BCUT2D eigenvalue weighted by molar-refractivity contribution is 5.47. The van der Waals surface area contributed by atoms with Gasteiger partial charge in [0.2, 0.25) is 0 Å². The van der Waals surface area contributed by atoms with Crippen molar-refractivity contribution >= 4 is 5.69 Å². The molecule has 0 unspecified atom stereocenters. The lowest BCUT2D eigenvalue weighted by molar-refractivity contribution is 0.321. The minimum atomic E-state index is -0.314. The lowest BCUT2D eigenvalue weighted by atomic mass is 10.2. The number of nitrogens with one attached hydrogen (secondary N) is 1. The van der Waals surface area contributed by atoms with Crippen LogP contribution in [0.15, 0.2) is 18.2 Å². The predicted octanol–water partition coefficient (Wildman–Crippen LogP) is 3.29. The van der Waals surface area contributed by atoms with E-state index in [2.05, 4.69) is 19.2 Å². The molecule has 2 nitrogen and oxygen atoms in total. The normalized spacial score (nSPS) is 10.5. The number of anilines is 1. The first-order valence-electron chi connectivity index (χ1n) is 5.29. The van der Waals surface area contributed by atoms with Crippen LogP contribution in [-0.4, -0.2) is 13.2 Å². The summed E-state index contributed by atoms with van der Waals surface area (Å²) in [5.41, 5.74) is 0.796. The molecule has 0 atom stereocenters. The molecule has 0 aliphatic carbocycles. The second kappa shape index (κ2) is 5.59. The van der Waals surface area contributed by atoms with E-state index in [1.165, 1.54) is 6.07 Å². The van der Waals surface area contributed by atoms with Gasteiger partial charge in [-0.25, -0.2) is 4.39 Å². The minimum absolute atomic E-state index is 0.313. The van der Waals surface area contributed by atoms with Crippen molar-refractivity contribution in [3.05, 3.63) is 24.0 Å². The molecular formula is C12H18FNO. The van der Waals surface area contributed by atoms with Gasteiger partial charge in [-0.2, -0.15) is 0 Å². The van der Waals surface area contributed by atoms with Crippen molar-refractivity contribution in [2.45, 2.75) is 20.8 Å². The zero-order valence-corrected chi connectivity index (χ0v) is 9.51. The first-order valence-corrected chi connectivity index (χ1v) is 5.29. The van der Waals surface area contributed by atoms with Crippen LogP contribution in [0.25, 0.3) is 0 Å². The maximum Gasteiger partial charge on any atom is 0.167 e. The summed E-state index contributed by atoms with van der Waals surface area (Å²) in [7, 11) is 0. The van der Waals surface area contributed by atoms with Crippen molar-refractivity contribution in [3.8, 4) is 5.75 Å². The minimum Gasteiger partial charge on any atom is -0.491 e. The Kier molecular flexibility index (Phi) is 4.40. The van der Waals surface area contributed by atoms with Gasteiger partial charge in [0, 0.05) is 18.3 Å². The van der Waals surface area contributed by atoms with Crippen LogP contribution in [-0.2, 0) is 0 Å². The van der Waals surface area contributed by atoms with E-state index in [9.17, 15) is 4.39 Å². The SMILES string of the molecule is CCOc1ccc(NCC(C)C)cc1F. The number of hydrogen-bond donors (Lipinski definition) is 1. The molecule has 15 heavy (non-hydrogen) atoms. The zero-order chi connectivity index (χ0) is 11.3. The average molecular weight is 211 g/mol. The highest BCUT2D eigenvalue weighted by Crippen LogP contribution is 2.21. The molecule has 0 spiro atoms. The molecule has 84 valence electrons. The standard InChI is InChI=1S/C12H18FNO/c1-4-15-12-6-5-10(7-11(12)13)14-8-9(2)3/h5-7,9,14H,4,8H2,1-3H3. The Labute approximate surface area is 90.4 Å². The van der Waals surface area contributed by atoms with Gasteiger partial charge in [-0.05, 0) is 25.0 Å². The topological polar surface area (TPSA) is 21.3 Å². The highest BCUT2D eigenvalue weighted by Gasteiger charge is 2.03. The van der Waals surface area contributed by atoms with Gasteiger partial charge in [-0.1, -0.05) is 13.8 Å². The Hall–Kier alpha value is -1.25. The van der Waals surface area contributed by atoms with E-state index in [4.69, 9.17) is 4.74 Å². The van der Waals surface area contributed by atoms with E-state index in [1.807, 2.05) is 13.0 Å². The van der Waals surface area contributed by atoms with Crippen molar-refractivity contribution in [1.29, 1.82) is 0 Å². The van der Waals surface area contributed by atoms with Gasteiger partial charge in [0.15, 0.2) is 11.6 Å². The third kappa shape index (κ3) is 3.78. The second-order valence-corrected chi connectivity index (χ2v) is 3.85. The van der Waals surface area contributed by atoms with Crippen LogP contribution in [0, 0.1) is 11.7 Å². The Balaban J connectivity index is 2.64. The lowest BCUT2D eigenvalue weighted by Gasteiger charge is -2.10. The number of benzene rings is 1. The van der Waals surface area contributed by atoms with Gasteiger partial charge < -0.3 is 10.1 Å². The molecule has 0 aromatic heterocycles. The summed E-state index contributed by atoms with van der Waals surface area (Å²) >= 11 is 0. The quantitative estimate of drug-likeness (QED) is 0.807. The molecule has 0 amide bonds. The van der Waals surface area contributed by atoms with Crippen LogP contribution in [0.5, 0.6) is 5.75 Å². The van der Waals surface area contributed by atoms with E-state index in [0.29, 0.717) is 18.3 Å². The summed E-state index contributed by atoms with van der Waals surface area (Å²) in [6, 6.07) is 4.95. The lowest BCUT2D eigenvalue weighted by Crippen LogP contribution is -2.08. The van der Waals surface area contributed by atoms with E-state index in [-0.39, 0.29) is 5.82 Å². The van der Waals surface area contributed by atoms with E-state index in [0.717, 1.165) is 12.2 Å². The summed E-state index contributed by atoms with van der Waals surface area (Å²) in [6.45, 7) is 7.38. The number of hydrogen-bond acceptors (Lipinski definition) is 2. The average Bonchev–Trinajstić information content (AvgIpc) is 2.19. The van der Waals surface area contributed by atoms with Crippen LogP contribution in [0.2, 0.25) is 0 Å². The van der Waals surface area contributed by atoms with Crippen molar-refractivity contribution in [2.24, 2.45) is 5.92 Å². The molecule has 0 bridgehead atoms. The van der Waals surface area contributed by atoms with Crippen LogP contribution < -0.4 is 10.1 Å². The Morgan fingerprint density at radius 2 is 2.13 bits per heavy atom. The van der Waals surface area contributed by atoms with Crippen molar-refractivity contribution in [1.82, 2.24) is 0 Å². The fraction of sp³-hybridized carbons (Fsp3) is 0.500. The van der Waals surface area contributed by atoms with E-state index < -0.39 is 0 Å². The van der Waals surface area contributed by atoms with Gasteiger partial charge in [-0.15, -0.1) is 0 Å². The van der Waals surface area contributed by atoms with Gasteiger partial charge >= 0.3 is 0 Å². The summed E-state index contributed by atoms with van der Waals surface area (Å²) in [4.78, 5) is 0. The third-order valence-electron chi connectivity index (χ3n) is 1.95. The molecular weight excluding hydrogens is 193 g/mol. The molecule has 0 aliphatic rings. The maximum absolute atomic E-state index is 13.4. The molecule has 0 heterocycles. The summed E-state index contributed by atoms with van der Waals surface area (Å²) in [5.74, 6) is 0.540. The molecule has 0 aliphatic heterocycles. The van der Waals surface area contributed by atoms with Gasteiger partial charge in [0.1, 0.15) is 0 Å². The predicted molar refractivity (Wildman–Crippen MR) is 60.9 cm³/mol. The van der Waals surface area contributed by atoms with E-state index >= 15 is 0 Å². The number of halogens is 1. The summed E-state index contributed by atoms with van der Waals surface area (Å²) < 4.78 is 18.5. The second-order valence-electron chi connectivity index (χ2n) is 3.85. The highest BCUT2D eigenvalue weighted by atomic mass is 19.1. The molecule has 0 fully saturated rings. The number of rotatable bonds is 5. The molecule has 1 N–H and O–H groups in total. The molecule has 0 saturated carbocycles. The molecule has 3 heteroatoms. The molecule has 0 saturated heterocycles. The Morgan fingerprint density at radius 3 is 2.67 bits per heavy atom. The smallest absolute Gasteiger partial charge is 0.167 e. The summed E-state index contributed by atoms with van der Waals surface area (Å²) in [5, 5.41) is 3.16. The van der Waals surface area contributed by atoms with Crippen LogP contribution >= 0.6 is 0 Å². The monoisotopic (exact) mass is 211 g/mol. The van der Waals surface area contributed by atoms with Crippen molar-refractivity contribution in [2.75, 3.05) is 18.5 Å². The first kappa shape index (κ1) is 11.8. The molecule has 0 radical (unpaired) electrons. The van der Waals surface area contributed by atoms with Gasteiger partial charge in [-0.3, -0.25) is 0 Å². The van der Waals surface area contributed by atoms with E-state index in [1.54, 1.807) is 6.07 Å². The first-order chi connectivity index (χ1) is 7.13. The van der Waals surface area contributed by atoms with Crippen LogP contribution in [0.3, 0.4) is 0 Å². The molecule has 1 aromatic rings. The Bertz CT molecular complexity index is 312. The van der Waals surface area contributed by atoms with Crippen LogP contribution in [0.1, 0.15) is 20.8 Å². The maximum atomic E-state index is 13.4. The van der Waals surface area contributed by atoms with Crippen molar-refractivity contribution < 1.29 is 9.13 Å². The molecule has 1 rings (SSSR count). The molecule has 1 aromatic carbocycles. The summed E-state index contributed by atoms with van der Waals surface area (Å²) in [6.07, 6.45) is 0. The van der Waals surface area contributed by atoms with Gasteiger partial charge in [0.05, 0.1) is 6.61 Å². The van der Waals surface area contributed by atoms with Gasteiger partial charge in [0.25, 0.3) is 0 Å². The zero-order valence-electron chi connectivity index (χ0n) is 9.51. The fourth-order valence-electron chi connectivity index (χ4n) is 1.21. The largest absolute Gasteiger partial charge is 0.491 e. The van der Waals surface area contributed by atoms with Crippen LogP contribution in [0.4, 0.5) is 10.1 Å². The fourth-order valence-corrected chi connectivity index (χ4v) is 1.21. The number of ether oxygens (including phenoxy) is 1.